The second-order valence-corrected chi connectivity index (χ2v) is 14.2. The number of rotatable bonds is 8. The normalized spacial score (nSPS) is 21.0. The number of nitrogen functional groups attached to an aromatic ring is 1. The van der Waals surface area contributed by atoms with Crippen LogP contribution in [0.1, 0.15) is 55.7 Å². The molecule has 1 aromatic heterocycles. The van der Waals surface area contributed by atoms with Gasteiger partial charge in [-0.25, -0.2) is 4.79 Å². The number of nitrogens with one attached hydrogen (secondary N) is 2. The van der Waals surface area contributed by atoms with Crippen LogP contribution in [0.5, 0.6) is 0 Å². The first-order chi connectivity index (χ1) is 21.8. The van der Waals surface area contributed by atoms with Gasteiger partial charge >= 0.3 is 6.03 Å². The number of carbonyl (C=O) groups excluding carboxylic acids is 3. The van der Waals surface area contributed by atoms with Gasteiger partial charge in [0.05, 0.1) is 23.2 Å². The molecular formula is C33H46ClN7O3S. The van der Waals surface area contributed by atoms with E-state index < -0.39 is 5.92 Å². The largest absolute Gasteiger partial charge is 0.397 e. The van der Waals surface area contributed by atoms with Gasteiger partial charge in [0.2, 0.25) is 11.8 Å². The molecule has 12 heteroatoms. The van der Waals surface area contributed by atoms with Gasteiger partial charge in [-0.05, 0) is 80.3 Å². The molecule has 4 N–H and O–H groups in total. The number of piperazine rings is 1. The first kappa shape index (κ1) is 32.1. The number of carbonyl (C=O) groups is 3. The molecule has 4 amide bonds. The maximum atomic E-state index is 14.1. The van der Waals surface area contributed by atoms with Gasteiger partial charge in [0.1, 0.15) is 5.00 Å². The number of likely N-dealkylation sites (tertiary alicyclic amines) is 1. The highest BCUT2D eigenvalue weighted by Crippen LogP contribution is 2.32. The minimum Gasteiger partial charge on any atom is -0.397 e. The fourth-order valence-corrected chi connectivity index (χ4v) is 8.53. The average Bonchev–Trinajstić information content (AvgIpc) is 3.53. The number of hydrogen-bond acceptors (Lipinski definition) is 7. The Labute approximate surface area is 275 Å². The number of nitrogens with two attached hydrogens (primary N) is 1. The third-order valence-corrected chi connectivity index (χ3v) is 11.4. The number of thiophene rings is 1. The summed E-state index contributed by atoms with van der Waals surface area (Å²) in [5.41, 5.74) is 9.83. The summed E-state index contributed by atoms with van der Waals surface area (Å²) >= 11 is 8.05. The van der Waals surface area contributed by atoms with Crippen molar-refractivity contribution in [1.29, 1.82) is 0 Å². The lowest BCUT2D eigenvalue weighted by molar-refractivity contribution is -0.143. The van der Waals surface area contributed by atoms with Crippen LogP contribution in [-0.2, 0) is 29.0 Å². The van der Waals surface area contributed by atoms with Crippen molar-refractivity contribution in [2.75, 3.05) is 63.4 Å². The Bertz CT molecular complexity index is 1380. The lowest BCUT2D eigenvalue weighted by Crippen LogP contribution is -2.55. The Balaban J connectivity index is 1.10. The van der Waals surface area contributed by atoms with Gasteiger partial charge in [0, 0.05) is 63.3 Å². The van der Waals surface area contributed by atoms with E-state index in [1.54, 1.807) is 11.3 Å². The van der Waals surface area contributed by atoms with E-state index in [1.165, 1.54) is 0 Å². The SMILES string of the molecule is CCc1cc(C[C@@H](CC(=O)N2CCC(N3Cc4ccsc4NC3=O)CC2)C(=O)N2CCN(C3CCNCC3)CC2)cc(Cl)c1N. The number of anilines is 2. The highest BCUT2D eigenvalue weighted by molar-refractivity contribution is 7.14. The molecule has 6 rings (SSSR count). The summed E-state index contributed by atoms with van der Waals surface area (Å²) in [7, 11) is 0. The number of nitrogens with zero attached hydrogens (tertiary/aromatic N) is 4. The summed E-state index contributed by atoms with van der Waals surface area (Å²) < 4.78 is 0. The van der Waals surface area contributed by atoms with Crippen molar-refractivity contribution in [2.24, 2.45) is 5.92 Å². The van der Waals surface area contributed by atoms with Crippen molar-refractivity contribution in [1.82, 2.24) is 24.9 Å². The van der Waals surface area contributed by atoms with Crippen LogP contribution in [0.25, 0.3) is 0 Å². The third kappa shape index (κ3) is 7.26. The fraction of sp³-hybridized carbons (Fsp3) is 0.606. The van der Waals surface area contributed by atoms with Crippen LogP contribution in [0, 0.1) is 5.92 Å². The Kier molecular flexibility index (Phi) is 10.2. The molecule has 2 aromatic rings. The molecule has 0 saturated carbocycles. The Morgan fingerprint density at radius 1 is 1.02 bits per heavy atom. The molecule has 3 fully saturated rings. The first-order valence-electron chi connectivity index (χ1n) is 16.5. The van der Waals surface area contributed by atoms with Crippen molar-refractivity contribution >= 4 is 51.5 Å². The van der Waals surface area contributed by atoms with E-state index >= 15 is 0 Å². The maximum Gasteiger partial charge on any atom is 0.323 e. The van der Waals surface area contributed by atoms with Crippen LogP contribution in [0.3, 0.4) is 0 Å². The molecule has 3 saturated heterocycles. The molecule has 0 radical (unpaired) electrons. The van der Waals surface area contributed by atoms with Gasteiger partial charge in [-0.3, -0.25) is 19.8 Å². The Hall–Kier alpha value is -2.86. The highest BCUT2D eigenvalue weighted by atomic mass is 35.5. The number of urea groups is 1. The van der Waals surface area contributed by atoms with E-state index in [2.05, 4.69) is 21.6 Å². The quantitative estimate of drug-likeness (QED) is 0.370. The predicted molar refractivity (Wildman–Crippen MR) is 180 cm³/mol. The molecule has 0 bridgehead atoms. The highest BCUT2D eigenvalue weighted by Gasteiger charge is 2.36. The van der Waals surface area contributed by atoms with Crippen molar-refractivity contribution in [3.05, 3.63) is 45.3 Å². The maximum absolute atomic E-state index is 14.1. The molecule has 4 aliphatic rings. The standard InChI is InChI=1S/C33H46ClN7O3S/c1-2-23-17-22(19-28(34)30(23)35)18-25(32(43)40-14-12-38(13-15-40)26-3-8-36-9-4-26)20-29(42)39-10-5-27(6-11-39)41-21-24-7-16-45-31(24)37-33(41)44/h7,16-17,19,25-27,36H,2-6,8-15,18,20-21,35H2,1H3,(H,37,44)/t25-/m0/s1. The number of hydrogen-bond donors (Lipinski definition) is 3. The number of fused-ring (bicyclic) bond motifs is 1. The molecular weight excluding hydrogens is 610 g/mol. The van der Waals surface area contributed by atoms with Gasteiger partial charge in [-0.15, -0.1) is 11.3 Å². The fourth-order valence-electron chi connectivity index (χ4n) is 7.47. The van der Waals surface area contributed by atoms with Crippen molar-refractivity contribution < 1.29 is 14.4 Å². The first-order valence-corrected chi connectivity index (χ1v) is 17.8. The smallest absolute Gasteiger partial charge is 0.323 e. The summed E-state index contributed by atoms with van der Waals surface area (Å²) in [6.07, 6.45) is 5.09. The topological polar surface area (TPSA) is 114 Å². The van der Waals surface area contributed by atoms with Crippen molar-refractivity contribution in [3.63, 3.8) is 0 Å². The predicted octanol–water partition coefficient (Wildman–Crippen LogP) is 4.03. The second kappa shape index (κ2) is 14.3. The van der Waals surface area contributed by atoms with Crippen LogP contribution >= 0.6 is 22.9 Å². The summed E-state index contributed by atoms with van der Waals surface area (Å²) in [5.74, 6) is -0.429. The van der Waals surface area contributed by atoms with Crippen molar-refractivity contribution in [2.45, 2.75) is 70.5 Å². The molecule has 244 valence electrons. The lowest BCUT2D eigenvalue weighted by Gasteiger charge is -2.42. The number of benzene rings is 1. The zero-order chi connectivity index (χ0) is 31.5. The monoisotopic (exact) mass is 655 g/mol. The van der Waals surface area contributed by atoms with E-state index in [-0.39, 0.29) is 30.3 Å². The summed E-state index contributed by atoms with van der Waals surface area (Å²) in [6.45, 7) is 9.01. The molecule has 45 heavy (non-hydrogen) atoms. The zero-order valence-electron chi connectivity index (χ0n) is 26.2. The molecule has 0 unspecified atom stereocenters. The lowest BCUT2D eigenvalue weighted by atomic mass is 9.91. The van der Waals surface area contributed by atoms with Crippen LogP contribution < -0.4 is 16.4 Å². The van der Waals surface area contributed by atoms with Gasteiger partial charge in [-0.1, -0.05) is 24.6 Å². The summed E-state index contributed by atoms with van der Waals surface area (Å²) in [6, 6.07) is 6.55. The van der Waals surface area contributed by atoms with Crippen LogP contribution in [0.2, 0.25) is 5.02 Å². The molecule has 1 aromatic carbocycles. The van der Waals surface area contributed by atoms with E-state index in [0.29, 0.717) is 55.9 Å². The molecule has 0 spiro atoms. The number of aryl methyl sites for hydroxylation is 1. The number of piperidine rings is 2. The molecule has 1 atom stereocenters. The van der Waals surface area contributed by atoms with Crippen LogP contribution in [0.4, 0.5) is 15.5 Å². The minimum atomic E-state index is -0.477. The molecule has 0 aliphatic carbocycles. The van der Waals surface area contributed by atoms with Gasteiger partial charge in [0.15, 0.2) is 0 Å². The molecule has 4 aliphatic heterocycles. The van der Waals surface area contributed by atoms with Crippen LogP contribution in [0.15, 0.2) is 23.6 Å². The molecule has 5 heterocycles. The van der Waals surface area contributed by atoms with Gasteiger partial charge < -0.3 is 25.8 Å². The van der Waals surface area contributed by atoms with Gasteiger partial charge in [-0.2, -0.15) is 0 Å². The Morgan fingerprint density at radius 2 is 1.76 bits per heavy atom. The summed E-state index contributed by atoms with van der Waals surface area (Å²) in [4.78, 5) is 49.0. The average molecular weight is 656 g/mol. The van der Waals surface area contributed by atoms with E-state index in [1.807, 2.05) is 39.1 Å². The van der Waals surface area contributed by atoms with Crippen LogP contribution in [-0.4, -0.2) is 102 Å². The number of amides is 4. The number of halogens is 1. The van der Waals surface area contributed by atoms with E-state index in [4.69, 9.17) is 17.3 Å². The van der Waals surface area contributed by atoms with E-state index in [9.17, 15) is 14.4 Å². The van der Waals surface area contributed by atoms with Crippen molar-refractivity contribution in [3.8, 4) is 0 Å². The third-order valence-electron chi connectivity index (χ3n) is 10.2. The molecule has 10 nitrogen and oxygen atoms in total. The zero-order valence-corrected chi connectivity index (χ0v) is 27.8. The second-order valence-electron chi connectivity index (χ2n) is 12.9. The Morgan fingerprint density at radius 3 is 2.47 bits per heavy atom. The van der Waals surface area contributed by atoms with E-state index in [0.717, 1.165) is 80.0 Å². The van der Waals surface area contributed by atoms with Gasteiger partial charge in [0.25, 0.3) is 0 Å². The minimum absolute atomic E-state index is 0.000569. The summed E-state index contributed by atoms with van der Waals surface area (Å²) in [5, 5.41) is 9.88.